The van der Waals surface area contributed by atoms with Crippen molar-refractivity contribution in [3.05, 3.63) is 24.0 Å². The van der Waals surface area contributed by atoms with E-state index in [4.69, 9.17) is 0 Å². The fraction of sp³-hybridized carbons (Fsp3) is 0.500. The zero-order chi connectivity index (χ0) is 12.3. The van der Waals surface area contributed by atoms with Crippen molar-refractivity contribution in [3.63, 3.8) is 0 Å². The summed E-state index contributed by atoms with van der Waals surface area (Å²) >= 11 is 0. The molecule has 2 heterocycles. The Bertz CT molecular complexity index is 416. The molecule has 1 saturated heterocycles. The van der Waals surface area contributed by atoms with E-state index in [-0.39, 0.29) is 5.91 Å². The fourth-order valence-corrected chi connectivity index (χ4v) is 1.83. The molecule has 0 spiro atoms. The molecule has 1 aliphatic heterocycles. The van der Waals surface area contributed by atoms with Gasteiger partial charge in [-0.2, -0.15) is 5.10 Å². The van der Waals surface area contributed by atoms with Crippen molar-refractivity contribution in [2.24, 2.45) is 7.05 Å². The standard InChI is InChI=1S/C12H18N4O/c1-14-5-7-16(8-6-14)12(17)4-3-11-9-13-15(2)10-11/h3-4,9-10H,5-8H2,1-2H3. The van der Waals surface area contributed by atoms with Gasteiger partial charge in [-0.1, -0.05) is 0 Å². The van der Waals surface area contributed by atoms with Crippen LogP contribution in [0.25, 0.3) is 6.08 Å². The molecule has 0 bridgehead atoms. The Balaban J connectivity index is 1.90. The Kier molecular flexibility index (Phi) is 3.58. The van der Waals surface area contributed by atoms with Crippen LogP contribution >= 0.6 is 0 Å². The molecule has 5 nitrogen and oxygen atoms in total. The van der Waals surface area contributed by atoms with Gasteiger partial charge >= 0.3 is 0 Å². The summed E-state index contributed by atoms with van der Waals surface area (Å²) in [4.78, 5) is 16.0. The average molecular weight is 234 g/mol. The SMILES string of the molecule is CN1CCN(C(=O)C=Cc2cnn(C)c2)CC1. The summed E-state index contributed by atoms with van der Waals surface area (Å²) in [6.45, 7) is 3.53. The highest BCUT2D eigenvalue weighted by Crippen LogP contribution is 2.03. The van der Waals surface area contributed by atoms with Gasteiger partial charge in [0.05, 0.1) is 6.20 Å². The molecule has 17 heavy (non-hydrogen) atoms. The number of aryl methyl sites for hydroxylation is 1. The molecule has 5 heteroatoms. The summed E-state index contributed by atoms with van der Waals surface area (Å²) in [5, 5.41) is 4.05. The lowest BCUT2D eigenvalue weighted by molar-refractivity contribution is -0.127. The third kappa shape index (κ3) is 3.17. The molecule has 0 aliphatic carbocycles. The largest absolute Gasteiger partial charge is 0.337 e. The Labute approximate surface area is 101 Å². The first-order valence-electron chi connectivity index (χ1n) is 5.79. The number of carbonyl (C=O) groups is 1. The average Bonchev–Trinajstić information content (AvgIpc) is 2.73. The Hall–Kier alpha value is -1.62. The predicted molar refractivity (Wildman–Crippen MR) is 66.3 cm³/mol. The zero-order valence-electron chi connectivity index (χ0n) is 10.3. The first-order valence-corrected chi connectivity index (χ1v) is 5.79. The quantitative estimate of drug-likeness (QED) is 0.687. The minimum Gasteiger partial charge on any atom is -0.337 e. The number of hydrogen-bond acceptors (Lipinski definition) is 3. The lowest BCUT2D eigenvalue weighted by Crippen LogP contribution is -2.46. The van der Waals surface area contributed by atoms with Crippen molar-refractivity contribution >= 4 is 12.0 Å². The summed E-state index contributed by atoms with van der Waals surface area (Å²) < 4.78 is 1.72. The Morgan fingerprint density at radius 1 is 1.29 bits per heavy atom. The van der Waals surface area contributed by atoms with Crippen molar-refractivity contribution in [2.75, 3.05) is 33.2 Å². The lowest BCUT2D eigenvalue weighted by Gasteiger charge is -2.31. The van der Waals surface area contributed by atoms with Crippen LogP contribution in [0.15, 0.2) is 18.5 Å². The monoisotopic (exact) mass is 234 g/mol. The predicted octanol–water partition coefficient (Wildman–Crippen LogP) is 0.207. The van der Waals surface area contributed by atoms with Gasteiger partial charge < -0.3 is 9.80 Å². The number of rotatable bonds is 2. The van der Waals surface area contributed by atoms with Crippen LogP contribution in [-0.4, -0.2) is 58.7 Å². The first-order chi connectivity index (χ1) is 8.15. The van der Waals surface area contributed by atoms with Crippen LogP contribution < -0.4 is 0 Å². The third-order valence-corrected chi connectivity index (χ3v) is 2.96. The summed E-state index contributed by atoms with van der Waals surface area (Å²) in [5.41, 5.74) is 0.954. The maximum Gasteiger partial charge on any atom is 0.246 e. The van der Waals surface area contributed by atoms with Crippen molar-refractivity contribution in [1.29, 1.82) is 0 Å². The molecule has 0 unspecified atom stereocenters. The highest BCUT2D eigenvalue weighted by Gasteiger charge is 2.16. The second-order valence-electron chi connectivity index (χ2n) is 4.41. The highest BCUT2D eigenvalue weighted by atomic mass is 16.2. The van der Waals surface area contributed by atoms with E-state index in [0.717, 1.165) is 31.7 Å². The van der Waals surface area contributed by atoms with E-state index >= 15 is 0 Å². The zero-order valence-corrected chi connectivity index (χ0v) is 10.3. The minimum atomic E-state index is 0.0851. The molecule has 1 aromatic rings. The van der Waals surface area contributed by atoms with Crippen LogP contribution in [0, 0.1) is 0 Å². The third-order valence-electron chi connectivity index (χ3n) is 2.96. The molecule has 2 rings (SSSR count). The molecule has 1 fully saturated rings. The molecular formula is C12H18N4O. The van der Waals surface area contributed by atoms with Gasteiger partial charge in [-0.15, -0.1) is 0 Å². The van der Waals surface area contributed by atoms with Gasteiger partial charge in [0.1, 0.15) is 0 Å². The number of likely N-dealkylation sites (N-methyl/N-ethyl adjacent to an activating group) is 1. The van der Waals surface area contributed by atoms with Gasteiger partial charge in [-0.3, -0.25) is 9.48 Å². The van der Waals surface area contributed by atoms with Crippen LogP contribution in [0.4, 0.5) is 0 Å². The van der Waals surface area contributed by atoms with E-state index in [1.807, 2.05) is 24.2 Å². The second-order valence-corrected chi connectivity index (χ2v) is 4.41. The summed E-state index contributed by atoms with van der Waals surface area (Å²) in [6, 6.07) is 0. The molecule has 0 saturated carbocycles. The van der Waals surface area contributed by atoms with Crippen molar-refractivity contribution < 1.29 is 4.79 Å². The number of aromatic nitrogens is 2. The smallest absolute Gasteiger partial charge is 0.246 e. The molecular weight excluding hydrogens is 216 g/mol. The van der Waals surface area contributed by atoms with Gasteiger partial charge in [-0.25, -0.2) is 0 Å². The number of carbonyl (C=O) groups excluding carboxylic acids is 1. The van der Waals surface area contributed by atoms with Gasteiger partial charge in [0.2, 0.25) is 5.91 Å². The second kappa shape index (κ2) is 5.14. The van der Waals surface area contributed by atoms with Crippen LogP contribution in [-0.2, 0) is 11.8 Å². The van der Waals surface area contributed by atoms with E-state index in [9.17, 15) is 4.79 Å². The van der Waals surface area contributed by atoms with Crippen LogP contribution in [0.1, 0.15) is 5.56 Å². The Morgan fingerprint density at radius 2 is 2.00 bits per heavy atom. The first kappa shape index (κ1) is 11.9. The van der Waals surface area contributed by atoms with E-state index in [1.165, 1.54) is 0 Å². The van der Waals surface area contributed by atoms with Crippen LogP contribution in [0.3, 0.4) is 0 Å². The number of amides is 1. The molecule has 1 amide bonds. The van der Waals surface area contributed by atoms with Gasteiger partial charge in [0, 0.05) is 51.1 Å². The van der Waals surface area contributed by atoms with Crippen molar-refractivity contribution in [2.45, 2.75) is 0 Å². The van der Waals surface area contributed by atoms with E-state index in [1.54, 1.807) is 17.0 Å². The molecule has 1 aliphatic rings. The maximum absolute atomic E-state index is 11.9. The normalized spacial score (nSPS) is 17.9. The Morgan fingerprint density at radius 3 is 2.59 bits per heavy atom. The maximum atomic E-state index is 11.9. The summed E-state index contributed by atoms with van der Waals surface area (Å²) in [5.74, 6) is 0.0851. The van der Waals surface area contributed by atoms with Crippen LogP contribution in [0.5, 0.6) is 0 Å². The molecule has 0 N–H and O–H groups in total. The summed E-state index contributed by atoms with van der Waals surface area (Å²) in [7, 11) is 3.94. The number of piperazine rings is 1. The number of nitrogens with zero attached hydrogens (tertiary/aromatic N) is 4. The lowest BCUT2D eigenvalue weighted by atomic mass is 10.3. The highest BCUT2D eigenvalue weighted by molar-refractivity contribution is 5.91. The number of hydrogen-bond donors (Lipinski definition) is 0. The molecule has 0 aromatic carbocycles. The van der Waals surface area contributed by atoms with Crippen LogP contribution in [0.2, 0.25) is 0 Å². The van der Waals surface area contributed by atoms with E-state index < -0.39 is 0 Å². The van der Waals surface area contributed by atoms with Gasteiger partial charge in [-0.05, 0) is 13.1 Å². The molecule has 0 atom stereocenters. The minimum absolute atomic E-state index is 0.0851. The van der Waals surface area contributed by atoms with E-state index in [0.29, 0.717) is 0 Å². The molecule has 92 valence electrons. The topological polar surface area (TPSA) is 41.4 Å². The van der Waals surface area contributed by atoms with Gasteiger partial charge in [0.25, 0.3) is 0 Å². The summed E-state index contributed by atoms with van der Waals surface area (Å²) in [6.07, 6.45) is 7.07. The van der Waals surface area contributed by atoms with Gasteiger partial charge in [0.15, 0.2) is 0 Å². The molecule has 0 radical (unpaired) electrons. The van der Waals surface area contributed by atoms with Crippen molar-refractivity contribution in [3.8, 4) is 0 Å². The van der Waals surface area contributed by atoms with E-state index in [2.05, 4.69) is 17.0 Å². The van der Waals surface area contributed by atoms with Crippen molar-refractivity contribution in [1.82, 2.24) is 19.6 Å². The molecule has 1 aromatic heterocycles. The fourth-order valence-electron chi connectivity index (χ4n) is 1.83.